The van der Waals surface area contributed by atoms with Crippen molar-refractivity contribution in [2.24, 2.45) is 11.7 Å². The molecule has 0 atom stereocenters. The van der Waals surface area contributed by atoms with Crippen LogP contribution in [0.15, 0.2) is 18.2 Å². The van der Waals surface area contributed by atoms with Gasteiger partial charge in [0, 0.05) is 17.4 Å². The second-order valence-corrected chi connectivity index (χ2v) is 7.68. The summed E-state index contributed by atoms with van der Waals surface area (Å²) in [7, 11) is 0. The number of primary amides is 1. The van der Waals surface area contributed by atoms with Gasteiger partial charge in [0.15, 0.2) is 0 Å². The highest BCUT2D eigenvalue weighted by atomic mass is 32.1. The third-order valence-electron chi connectivity index (χ3n) is 4.10. The van der Waals surface area contributed by atoms with E-state index in [1.807, 2.05) is 12.1 Å². The summed E-state index contributed by atoms with van der Waals surface area (Å²) in [5.74, 6) is 0.508. The lowest BCUT2D eigenvalue weighted by molar-refractivity contribution is -0.114. The van der Waals surface area contributed by atoms with Crippen LogP contribution in [0.4, 0.5) is 5.00 Å². The average Bonchev–Trinajstić information content (AvgIpc) is 2.89. The minimum absolute atomic E-state index is 0.217. The molecular formula is C19H22N2O3S. The van der Waals surface area contributed by atoms with Gasteiger partial charge in [0.05, 0.1) is 12.2 Å². The Hall–Kier alpha value is -2.34. The summed E-state index contributed by atoms with van der Waals surface area (Å²) < 4.78 is 6.02. The van der Waals surface area contributed by atoms with E-state index in [-0.39, 0.29) is 5.91 Å². The number of nitrogens with one attached hydrogen (secondary N) is 1. The number of hydrogen-bond donors (Lipinski definition) is 2. The molecule has 25 heavy (non-hydrogen) atoms. The number of carbonyl (C=O) groups excluding carboxylic acids is 2. The molecule has 3 rings (SSSR count). The quantitative estimate of drug-likeness (QED) is 0.857. The molecule has 6 heteroatoms. The Morgan fingerprint density at radius 1 is 1.32 bits per heavy atom. The van der Waals surface area contributed by atoms with Crippen LogP contribution in [0.3, 0.4) is 0 Å². The first-order chi connectivity index (χ1) is 11.9. The highest BCUT2D eigenvalue weighted by Crippen LogP contribution is 2.48. The standard InChI is InChI=1S/C19H22N2O3S/c1-10(2)9-24-14-6-4-5-12-7-8-13-16(18(20)23)19(21-11(3)22)25-17(13)15(12)14/h4-6,10H,7-9H2,1-3H3,(H2,20,23)(H,21,22). The van der Waals surface area contributed by atoms with Crippen LogP contribution in [0.2, 0.25) is 0 Å². The lowest BCUT2D eigenvalue weighted by Gasteiger charge is -2.21. The molecular weight excluding hydrogens is 336 g/mol. The summed E-state index contributed by atoms with van der Waals surface area (Å²) in [5.41, 5.74) is 9.16. The van der Waals surface area contributed by atoms with Gasteiger partial charge in [-0.15, -0.1) is 11.3 Å². The minimum atomic E-state index is -0.509. The fraction of sp³-hybridized carbons (Fsp3) is 0.368. The maximum atomic E-state index is 12.0. The summed E-state index contributed by atoms with van der Waals surface area (Å²) in [4.78, 5) is 24.5. The van der Waals surface area contributed by atoms with E-state index >= 15 is 0 Å². The number of hydrogen-bond acceptors (Lipinski definition) is 4. The lowest BCUT2D eigenvalue weighted by atomic mass is 9.88. The maximum Gasteiger partial charge on any atom is 0.252 e. The number of carbonyl (C=O) groups is 2. The second kappa shape index (κ2) is 6.88. The normalized spacial score (nSPS) is 12.5. The van der Waals surface area contributed by atoms with Gasteiger partial charge < -0.3 is 15.8 Å². The van der Waals surface area contributed by atoms with E-state index in [0.29, 0.717) is 23.1 Å². The molecule has 1 aromatic heterocycles. The Morgan fingerprint density at radius 3 is 2.72 bits per heavy atom. The van der Waals surface area contributed by atoms with E-state index in [4.69, 9.17) is 10.5 Å². The Bertz CT molecular complexity index is 839. The van der Waals surface area contributed by atoms with Crippen molar-refractivity contribution < 1.29 is 14.3 Å². The Kier molecular flexibility index (Phi) is 4.81. The molecule has 1 heterocycles. The number of rotatable bonds is 5. The Balaban J connectivity index is 2.14. The number of thiophene rings is 1. The van der Waals surface area contributed by atoms with Gasteiger partial charge in [-0.3, -0.25) is 9.59 Å². The van der Waals surface area contributed by atoms with Crippen molar-refractivity contribution in [3.8, 4) is 16.2 Å². The number of aryl methyl sites for hydroxylation is 1. The van der Waals surface area contributed by atoms with Gasteiger partial charge >= 0.3 is 0 Å². The molecule has 0 unspecified atom stereocenters. The maximum absolute atomic E-state index is 12.0. The smallest absolute Gasteiger partial charge is 0.252 e. The first-order valence-electron chi connectivity index (χ1n) is 8.36. The first-order valence-corrected chi connectivity index (χ1v) is 9.18. The van der Waals surface area contributed by atoms with Gasteiger partial charge in [0.2, 0.25) is 5.91 Å². The topological polar surface area (TPSA) is 81.4 Å². The van der Waals surface area contributed by atoms with Crippen molar-refractivity contribution in [3.63, 3.8) is 0 Å². The zero-order chi connectivity index (χ0) is 18.1. The molecule has 1 aromatic carbocycles. The molecule has 2 aromatic rings. The minimum Gasteiger partial charge on any atom is -0.493 e. The van der Waals surface area contributed by atoms with Gasteiger partial charge in [-0.05, 0) is 36.0 Å². The van der Waals surface area contributed by atoms with Crippen molar-refractivity contribution in [1.29, 1.82) is 0 Å². The molecule has 0 bridgehead atoms. The van der Waals surface area contributed by atoms with Gasteiger partial charge in [-0.25, -0.2) is 0 Å². The zero-order valence-electron chi connectivity index (χ0n) is 14.6. The van der Waals surface area contributed by atoms with Crippen molar-refractivity contribution in [3.05, 3.63) is 34.9 Å². The van der Waals surface area contributed by atoms with Gasteiger partial charge in [0.1, 0.15) is 10.8 Å². The first kappa shape index (κ1) is 17.5. The largest absolute Gasteiger partial charge is 0.493 e. The molecule has 0 fully saturated rings. The second-order valence-electron chi connectivity index (χ2n) is 6.65. The van der Waals surface area contributed by atoms with Crippen LogP contribution in [-0.4, -0.2) is 18.4 Å². The van der Waals surface area contributed by atoms with Gasteiger partial charge in [0.25, 0.3) is 5.91 Å². The van der Waals surface area contributed by atoms with Crippen LogP contribution in [0.1, 0.15) is 42.3 Å². The summed E-state index contributed by atoms with van der Waals surface area (Å²) in [5, 5.41) is 3.27. The van der Waals surface area contributed by atoms with Crippen LogP contribution in [-0.2, 0) is 17.6 Å². The zero-order valence-corrected chi connectivity index (χ0v) is 15.5. The highest BCUT2D eigenvalue weighted by Gasteiger charge is 2.29. The predicted octanol–water partition coefficient (Wildman–Crippen LogP) is 3.61. The number of fused-ring (bicyclic) bond motifs is 3. The van der Waals surface area contributed by atoms with Gasteiger partial charge in [-0.2, -0.15) is 0 Å². The SMILES string of the molecule is CC(=O)Nc1sc2c(c1C(N)=O)CCc1cccc(OCC(C)C)c1-2. The number of benzene rings is 1. The fourth-order valence-electron chi connectivity index (χ4n) is 3.09. The molecule has 0 radical (unpaired) electrons. The van der Waals surface area contributed by atoms with Crippen molar-refractivity contribution >= 4 is 28.2 Å². The number of amides is 2. The average molecular weight is 358 g/mol. The molecule has 3 N–H and O–H groups in total. The van der Waals surface area contributed by atoms with Crippen LogP contribution < -0.4 is 15.8 Å². The van der Waals surface area contributed by atoms with Crippen molar-refractivity contribution in [1.82, 2.24) is 0 Å². The summed E-state index contributed by atoms with van der Waals surface area (Å²) in [6.45, 7) is 6.26. The fourth-order valence-corrected chi connectivity index (χ4v) is 4.48. The summed E-state index contributed by atoms with van der Waals surface area (Å²) in [6, 6.07) is 6.04. The monoisotopic (exact) mass is 358 g/mol. The number of nitrogens with two attached hydrogens (primary N) is 1. The highest BCUT2D eigenvalue weighted by molar-refractivity contribution is 7.20. The van der Waals surface area contributed by atoms with E-state index in [1.54, 1.807) is 0 Å². The summed E-state index contributed by atoms with van der Waals surface area (Å²) >= 11 is 1.40. The van der Waals surface area contributed by atoms with E-state index in [0.717, 1.165) is 34.6 Å². The van der Waals surface area contributed by atoms with Crippen LogP contribution in [0.25, 0.3) is 10.4 Å². The molecule has 1 aliphatic carbocycles. The van der Waals surface area contributed by atoms with Gasteiger partial charge in [-0.1, -0.05) is 26.0 Å². The van der Waals surface area contributed by atoms with E-state index in [9.17, 15) is 9.59 Å². The molecule has 0 spiro atoms. The van der Waals surface area contributed by atoms with Crippen molar-refractivity contribution in [2.45, 2.75) is 33.6 Å². The van der Waals surface area contributed by atoms with E-state index in [2.05, 4.69) is 25.2 Å². The van der Waals surface area contributed by atoms with E-state index in [1.165, 1.54) is 23.8 Å². The van der Waals surface area contributed by atoms with Crippen molar-refractivity contribution in [2.75, 3.05) is 11.9 Å². The summed E-state index contributed by atoms with van der Waals surface area (Å²) in [6.07, 6.45) is 1.54. The molecule has 2 amide bonds. The number of ether oxygens (including phenoxy) is 1. The third kappa shape index (κ3) is 3.39. The Labute approximate surface area is 151 Å². The lowest BCUT2D eigenvalue weighted by Crippen LogP contribution is -2.17. The molecule has 1 aliphatic rings. The molecule has 0 saturated heterocycles. The van der Waals surface area contributed by atoms with Crippen LogP contribution in [0.5, 0.6) is 5.75 Å². The molecule has 132 valence electrons. The van der Waals surface area contributed by atoms with E-state index < -0.39 is 5.91 Å². The van der Waals surface area contributed by atoms with Crippen LogP contribution in [0, 0.1) is 5.92 Å². The van der Waals surface area contributed by atoms with Crippen LogP contribution >= 0.6 is 11.3 Å². The predicted molar refractivity (Wildman–Crippen MR) is 100 cm³/mol. The molecule has 0 aliphatic heterocycles. The third-order valence-corrected chi connectivity index (χ3v) is 5.26. The number of anilines is 1. The molecule has 5 nitrogen and oxygen atoms in total. The molecule has 0 saturated carbocycles. The Morgan fingerprint density at radius 2 is 2.08 bits per heavy atom.